The first-order valence-corrected chi connectivity index (χ1v) is 6.40. The van der Waals surface area contributed by atoms with E-state index in [0.717, 1.165) is 5.69 Å². The van der Waals surface area contributed by atoms with E-state index in [1.54, 1.807) is 12.1 Å². The molecule has 2 rings (SSSR count). The van der Waals surface area contributed by atoms with E-state index in [9.17, 15) is 4.79 Å². The Morgan fingerprint density at radius 3 is 2.30 bits per heavy atom. The van der Waals surface area contributed by atoms with E-state index in [1.807, 2.05) is 61.5 Å². The number of hydrogen-bond acceptors (Lipinski definition) is 4. The van der Waals surface area contributed by atoms with E-state index >= 15 is 0 Å². The minimum atomic E-state index is 0.0757. The molecular formula is C16H17N3O. The number of nitrogens with zero attached hydrogens (tertiary/aromatic N) is 3. The van der Waals surface area contributed by atoms with Crippen LogP contribution in [0, 0.1) is 0 Å². The van der Waals surface area contributed by atoms with Crippen molar-refractivity contribution in [3.05, 3.63) is 60.2 Å². The Bertz CT molecular complexity index is 606. The van der Waals surface area contributed by atoms with Gasteiger partial charge < -0.3 is 4.90 Å². The molecule has 0 N–H and O–H groups in total. The molecule has 0 saturated carbocycles. The van der Waals surface area contributed by atoms with Crippen molar-refractivity contribution in [3.8, 4) is 0 Å². The minimum Gasteiger partial charge on any atom is -0.302 e. The third kappa shape index (κ3) is 4.10. The predicted molar refractivity (Wildman–Crippen MR) is 79.9 cm³/mol. The molecule has 0 aliphatic rings. The fraction of sp³-hybridized carbons (Fsp3) is 0.188. The van der Waals surface area contributed by atoms with Gasteiger partial charge in [-0.3, -0.25) is 4.79 Å². The van der Waals surface area contributed by atoms with Gasteiger partial charge in [0.1, 0.15) is 0 Å². The van der Waals surface area contributed by atoms with Gasteiger partial charge in [0, 0.05) is 5.56 Å². The second-order valence-electron chi connectivity index (χ2n) is 4.75. The van der Waals surface area contributed by atoms with Crippen LogP contribution in [-0.4, -0.2) is 31.3 Å². The molecule has 4 nitrogen and oxygen atoms in total. The molecule has 102 valence electrons. The SMILES string of the molecule is CN(C)CC(=O)c1cccc(N=Nc2ccccc2)c1. The predicted octanol–water partition coefficient (Wildman–Crippen LogP) is 3.85. The van der Waals surface area contributed by atoms with Gasteiger partial charge in [-0.1, -0.05) is 30.3 Å². The number of azo groups is 1. The summed E-state index contributed by atoms with van der Waals surface area (Å²) in [5.74, 6) is 0.0757. The lowest BCUT2D eigenvalue weighted by molar-refractivity contribution is 0.0958. The molecule has 0 heterocycles. The molecule has 0 unspecified atom stereocenters. The summed E-state index contributed by atoms with van der Waals surface area (Å²) in [6.07, 6.45) is 0. The highest BCUT2D eigenvalue weighted by molar-refractivity contribution is 5.98. The number of benzene rings is 2. The molecule has 4 heteroatoms. The molecule has 0 aliphatic heterocycles. The molecule has 0 atom stereocenters. The summed E-state index contributed by atoms with van der Waals surface area (Å²) in [4.78, 5) is 13.8. The van der Waals surface area contributed by atoms with E-state index in [1.165, 1.54) is 0 Å². The molecule has 0 saturated heterocycles. The second kappa shape index (κ2) is 6.73. The van der Waals surface area contributed by atoms with Crippen molar-refractivity contribution in [1.82, 2.24) is 4.90 Å². The molecule has 0 fully saturated rings. The highest BCUT2D eigenvalue weighted by atomic mass is 16.1. The quantitative estimate of drug-likeness (QED) is 0.610. The van der Waals surface area contributed by atoms with Crippen molar-refractivity contribution in [1.29, 1.82) is 0 Å². The Kier molecular flexibility index (Phi) is 4.74. The molecule has 20 heavy (non-hydrogen) atoms. The summed E-state index contributed by atoms with van der Waals surface area (Å²) in [6, 6.07) is 16.7. The first-order valence-electron chi connectivity index (χ1n) is 6.40. The number of likely N-dealkylation sites (N-methyl/N-ethyl adjacent to an activating group) is 1. The molecule has 0 radical (unpaired) electrons. The first-order chi connectivity index (χ1) is 9.65. The van der Waals surface area contributed by atoms with Crippen LogP contribution < -0.4 is 0 Å². The maximum absolute atomic E-state index is 12.0. The number of ketones is 1. The average Bonchev–Trinajstić information content (AvgIpc) is 2.46. The minimum absolute atomic E-state index is 0.0757. The van der Waals surface area contributed by atoms with Crippen molar-refractivity contribution in [2.75, 3.05) is 20.6 Å². The van der Waals surface area contributed by atoms with Gasteiger partial charge in [0.15, 0.2) is 5.78 Å². The first kappa shape index (κ1) is 14.1. The van der Waals surface area contributed by atoms with Gasteiger partial charge in [-0.25, -0.2) is 0 Å². The molecule has 0 amide bonds. The van der Waals surface area contributed by atoms with E-state index in [-0.39, 0.29) is 5.78 Å². The Morgan fingerprint density at radius 2 is 1.60 bits per heavy atom. The zero-order valence-corrected chi connectivity index (χ0v) is 11.7. The van der Waals surface area contributed by atoms with Gasteiger partial charge in [0.2, 0.25) is 0 Å². The summed E-state index contributed by atoms with van der Waals surface area (Å²) in [5, 5.41) is 8.30. The summed E-state index contributed by atoms with van der Waals surface area (Å²) in [6.45, 7) is 0.388. The van der Waals surface area contributed by atoms with E-state index in [2.05, 4.69) is 10.2 Å². The highest BCUT2D eigenvalue weighted by Gasteiger charge is 2.07. The average molecular weight is 267 g/mol. The van der Waals surface area contributed by atoms with Gasteiger partial charge in [0.05, 0.1) is 17.9 Å². The molecular weight excluding hydrogens is 250 g/mol. The fourth-order valence-electron chi connectivity index (χ4n) is 1.73. The van der Waals surface area contributed by atoms with Crippen LogP contribution in [0.2, 0.25) is 0 Å². The standard InChI is InChI=1S/C16H17N3O/c1-19(2)12-16(20)13-7-6-10-15(11-13)18-17-14-8-4-3-5-9-14/h3-11H,12H2,1-2H3. The fourth-order valence-corrected chi connectivity index (χ4v) is 1.73. The van der Waals surface area contributed by atoms with Crippen LogP contribution in [0.1, 0.15) is 10.4 Å². The monoisotopic (exact) mass is 267 g/mol. The molecule has 0 bridgehead atoms. The zero-order chi connectivity index (χ0) is 14.4. The van der Waals surface area contributed by atoms with Crippen LogP contribution in [0.3, 0.4) is 0 Å². The van der Waals surface area contributed by atoms with Crippen LogP contribution >= 0.6 is 0 Å². The van der Waals surface area contributed by atoms with Gasteiger partial charge >= 0.3 is 0 Å². The number of Topliss-reactive ketones (excluding diaryl/α,β-unsaturated/α-hetero) is 1. The summed E-state index contributed by atoms with van der Waals surface area (Å²) < 4.78 is 0. The van der Waals surface area contributed by atoms with Crippen LogP contribution in [-0.2, 0) is 0 Å². The van der Waals surface area contributed by atoms with Crippen molar-refractivity contribution < 1.29 is 4.79 Å². The van der Waals surface area contributed by atoms with E-state index in [0.29, 0.717) is 17.8 Å². The Morgan fingerprint density at radius 1 is 0.950 bits per heavy atom. The molecule has 0 spiro atoms. The maximum atomic E-state index is 12.0. The lowest BCUT2D eigenvalue weighted by Gasteiger charge is -2.08. The lowest BCUT2D eigenvalue weighted by Crippen LogP contribution is -2.21. The van der Waals surface area contributed by atoms with Crippen molar-refractivity contribution >= 4 is 17.2 Å². The maximum Gasteiger partial charge on any atom is 0.176 e. The van der Waals surface area contributed by atoms with Gasteiger partial charge in [-0.05, 0) is 38.4 Å². The topological polar surface area (TPSA) is 45.0 Å². The summed E-state index contributed by atoms with van der Waals surface area (Å²) >= 11 is 0. The summed E-state index contributed by atoms with van der Waals surface area (Å²) in [7, 11) is 3.74. The smallest absolute Gasteiger partial charge is 0.176 e. The normalized spacial score (nSPS) is 11.2. The van der Waals surface area contributed by atoms with Crippen LogP contribution in [0.15, 0.2) is 64.8 Å². The molecule has 2 aromatic carbocycles. The van der Waals surface area contributed by atoms with Gasteiger partial charge in [-0.2, -0.15) is 10.2 Å². The summed E-state index contributed by atoms with van der Waals surface area (Å²) in [5.41, 5.74) is 2.12. The van der Waals surface area contributed by atoms with Crippen LogP contribution in [0.5, 0.6) is 0 Å². The van der Waals surface area contributed by atoms with Crippen molar-refractivity contribution in [2.24, 2.45) is 10.2 Å². The molecule has 0 aliphatic carbocycles. The van der Waals surface area contributed by atoms with E-state index in [4.69, 9.17) is 0 Å². The zero-order valence-electron chi connectivity index (χ0n) is 11.7. The largest absolute Gasteiger partial charge is 0.302 e. The number of carbonyl (C=O) groups is 1. The number of rotatable bonds is 5. The Balaban J connectivity index is 2.14. The Hall–Kier alpha value is -2.33. The molecule has 2 aromatic rings. The van der Waals surface area contributed by atoms with E-state index < -0.39 is 0 Å². The lowest BCUT2D eigenvalue weighted by atomic mass is 10.1. The van der Waals surface area contributed by atoms with Gasteiger partial charge in [-0.15, -0.1) is 0 Å². The number of carbonyl (C=O) groups excluding carboxylic acids is 1. The van der Waals surface area contributed by atoms with Crippen LogP contribution in [0.4, 0.5) is 11.4 Å². The third-order valence-electron chi connectivity index (χ3n) is 2.67. The van der Waals surface area contributed by atoms with Crippen molar-refractivity contribution in [3.63, 3.8) is 0 Å². The molecule has 0 aromatic heterocycles. The highest BCUT2D eigenvalue weighted by Crippen LogP contribution is 2.19. The van der Waals surface area contributed by atoms with Crippen LogP contribution in [0.25, 0.3) is 0 Å². The second-order valence-corrected chi connectivity index (χ2v) is 4.75. The number of hydrogen-bond donors (Lipinski definition) is 0. The van der Waals surface area contributed by atoms with Gasteiger partial charge in [0.25, 0.3) is 0 Å². The Labute approximate surface area is 118 Å². The van der Waals surface area contributed by atoms with Crippen molar-refractivity contribution in [2.45, 2.75) is 0 Å². The third-order valence-corrected chi connectivity index (χ3v) is 2.67.